The van der Waals surface area contributed by atoms with Crippen LogP contribution >= 0.6 is 23.2 Å². The van der Waals surface area contributed by atoms with Crippen LogP contribution in [0.1, 0.15) is 84.8 Å². The lowest BCUT2D eigenvalue weighted by Gasteiger charge is -2.31. The van der Waals surface area contributed by atoms with Gasteiger partial charge in [0, 0.05) is 29.3 Å². The number of ether oxygens (including phenoxy) is 4. The number of halogens is 2. The third kappa shape index (κ3) is 12.7. The van der Waals surface area contributed by atoms with Crippen LogP contribution in [-0.2, 0) is 33.6 Å². The number of rotatable bonds is 10. The van der Waals surface area contributed by atoms with E-state index in [0.717, 1.165) is 0 Å². The summed E-state index contributed by atoms with van der Waals surface area (Å²) < 4.78 is 23.7. The summed E-state index contributed by atoms with van der Waals surface area (Å²) in [6.07, 6.45) is -4.38. The van der Waals surface area contributed by atoms with Crippen molar-refractivity contribution in [1.82, 2.24) is 37.2 Å². The normalized spacial score (nSPS) is 22.3. The van der Waals surface area contributed by atoms with Crippen LogP contribution < -0.4 is 61.9 Å². The molecule has 26 heteroatoms. The molecule has 6 amide bonds. The van der Waals surface area contributed by atoms with Crippen molar-refractivity contribution in [3.63, 3.8) is 0 Å². The van der Waals surface area contributed by atoms with Crippen LogP contribution in [0.4, 0.5) is 0 Å². The van der Waals surface area contributed by atoms with Crippen LogP contribution in [-0.4, -0.2) is 119 Å². The molecule has 428 valence electrons. The number of likely N-dealkylation sites (N-methyl/N-ethyl adjacent to an activating group) is 1. The molecule has 0 saturated heterocycles. The maximum Gasteiger partial charge on any atom is 0.330 e. The summed E-state index contributed by atoms with van der Waals surface area (Å²) in [6, 6.07) is 5.20. The number of benzene rings is 5. The van der Waals surface area contributed by atoms with Crippen LogP contribution in [0.25, 0.3) is 11.1 Å². The van der Waals surface area contributed by atoms with Gasteiger partial charge in [-0.15, -0.1) is 0 Å². The molecule has 5 aromatic rings. The first-order valence-corrected chi connectivity index (χ1v) is 26.0. The number of aliphatic hydroxyl groups is 2. The molecule has 0 aliphatic carbocycles. The number of phenolic OH excluding ortho intramolecular Hbond substituents is 2. The fraction of sp³-hybridized carbons (Fsp3) is 0.327. The highest BCUT2D eigenvalue weighted by Gasteiger charge is 2.40. The first-order chi connectivity index (χ1) is 38.5. The zero-order chi connectivity index (χ0) is 58.7. The van der Waals surface area contributed by atoms with Gasteiger partial charge >= 0.3 is 5.97 Å². The van der Waals surface area contributed by atoms with Crippen LogP contribution in [0.3, 0.4) is 0 Å². The highest BCUT2D eigenvalue weighted by molar-refractivity contribution is 6.32. The lowest BCUT2D eigenvalue weighted by atomic mass is 9.89. The van der Waals surface area contributed by atoms with E-state index in [2.05, 4.69) is 37.2 Å². The third-order valence-corrected chi connectivity index (χ3v) is 14.4. The molecular formula is C55H58Cl2N8O16. The summed E-state index contributed by atoms with van der Waals surface area (Å²) in [7, 11) is 4.11. The quantitative estimate of drug-likeness (QED) is 0.0952. The summed E-state index contributed by atoms with van der Waals surface area (Å²) >= 11 is 13.6. The van der Waals surface area contributed by atoms with E-state index < -0.39 is 120 Å². The average molecular weight is 1160 g/mol. The van der Waals surface area contributed by atoms with Gasteiger partial charge in [-0.05, 0) is 96.2 Å². The van der Waals surface area contributed by atoms with E-state index in [1.165, 1.54) is 100 Å². The number of nitrogens with one attached hydrogen (secondary N) is 7. The Hall–Kier alpha value is -8.39. The molecule has 0 radical (unpaired) electrons. The summed E-state index contributed by atoms with van der Waals surface area (Å²) in [5.74, 6) is -9.91. The summed E-state index contributed by atoms with van der Waals surface area (Å²) in [5.41, 5.74) is 5.36. The van der Waals surface area contributed by atoms with Crippen molar-refractivity contribution in [1.29, 1.82) is 0 Å². The summed E-state index contributed by atoms with van der Waals surface area (Å²) in [6.45, 7) is 3.20. The molecule has 9 atom stereocenters. The predicted molar refractivity (Wildman–Crippen MR) is 290 cm³/mol. The van der Waals surface area contributed by atoms with Crippen molar-refractivity contribution < 1.29 is 78.0 Å². The van der Waals surface area contributed by atoms with Crippen molar-refractivity contribution in [2.75, 3.05) is 27.8 Å². The lowest BCUT2D eigenvalue weighted by molar-refractivity contribution is -0.143. The second-order valence-electron chi connectivity index (χ2n) is 19.8. The Bertz CT molecular complexity index is 3330. The Kier molecular flexibility index (Phi) is 17.8. The summed E-state index contributed by atoms with van der Waals surface area (Å²) in [5, 5.41) is 76.7. The standard InChI is InChI=1S/C55H58Cl2N8O16/c1-22(2)12-32(59-3)50(71)64-45-47(68)24-7-10-36(30(56)14-24)80-39-16-26-17-40(49(39)70)81-37-11-8-25(15-31(37)57)48(69)46-54(75)63-44(55(76)77)29-18-27(78-4)19-38(79-5)42(29)28-13-23(6-9-35(28)66)43(52(73)65-46)60-21-34(26)62-51(72)33(20-41(58)67)61-53(45)74/h6-11,13-19,22,32-34,43-48,59-60,66,68-70H,12,20-21H2,1-5H3,(H2,58,67)(H,61,74)(H,62,72)(H,63,75)(H,64,71)(H,65,73)(H,76,77)/t32-,33+,34+,43-,44+,45-,46+,47-,48-/m1/s1. The molecule has 0 fully saturated rings. The highest BCUT2D eigenvalue weighted by atomic mass is 35.5. The van der Waals surface area contributed by atoms with Crippen LogP contribution in [0.15, 0.2) is 78.9 Å². The van der Waals surface area contributed by atoms with Gasteiger partial charge in [0.05, 0.1) is 42.8 Å². The van der Waals surface area contributed by atoms with Gasteiger partial charge in [-0.3, -0.25) is 34.1 Å². The second-order valence-corrected chi connectivity index (χ2v) is 20.6. The van der Waals surface area contributed by atoms with E-state index in [0.29, 0.717) is 6.42 Å². The Morgan fingerprint density at radius 1 is 0.741 bits per heavy atom. The molecule has 5 heterocycles. The minimum atomic E-state index is -2.00. The second kappa shape index (κ2) is 24.5. The summed E-state index contributed by atoms with van der Waals surface area (Å²) in [4.78, 5) is 99.0. The molecule has 10 rings (SSSR count). The molecule has 5 aromatic carbocycles. The third-order valence-electron chi connectivity index (χ3n) is 13.8. The van der Waals surface area contributed by atoms with Crippen LogP contribution in [0.5, 0.6) is 46.0 Å². The Balaban J connectivity index is 1.35. The Labute approximate surface area is 472 Å². The van der Waals surface area contributed by atoms with Gasteiger partial charge in [-0.25, -0.2) is 4.79 Å². The largest absolute Gasteiger partial charge is 0.507 e. The average Bonchev–Trinajstić information content (AvgIpc) is 3.61. The van der Waals surface area contributed by atoms with E-state index in [9.17, 15) is 54.3 Å². The van der Waals surface area contributed by atoms with Gasteiger partial charge in [0.1, 0.15) is 65.1 Å². The molecule has 11 bridgehead atoms. The molecule has 0 saturated carbocycles. The van der Waals surface area contributed by atoms with Crippen molar-refractivity contribution in [2.24, 2.45) is 11.7 Å². The SMILES string of the molecule is CN[C@H](CC(C)C)C(=O)N[C@H]1C(=O)N[C@@H](CC(N)=O)C(=O)N[C@H]2CN[C@H]3C(=O)N[C@H](C(=O)N[C@H](C(=O)O)c4cc(OC)cc(OC)c4-c4cc3ccc4O)[C@H](O)c3ccc(c(Cl)c3)Oc3cc2cc(c3O)Oc2ccc(cc2Cl)[C@H]1O. The van der Waals surface area contributed by atoms with Gasteiger partial charge in [0.25, 0.3) is 0 Å². The van der Waals surface area contributed by atoms with E-state index in [1.807, 2.05) is 13.8 Å². The molecule has 5 aliphatic rings. The predicted octanol–water partition coefficient (Wildman–Crippen LogP) is 3.48. The Morgan fingerprint density at radius 3 is 1.94 bits per heavy atom. The molecular weight excluding hydrogens is 1100 g/mol. The zero-order valence-electron chi connectivity index (χ0n) is 44.0. The van der Waals surface area contributed by atoms with Crippen LogP contribution in [0, 0.1) is 5.92 Å². The number of carbonyl (C=O) groups is 7. The number of aliphatic hydroxyl groups excluding tert-OH is 2. The minimum Gasteiger partial charge on any atom is -0.507 e. The van der Waals surface area contributed by atoms with Gasteiger partial charge in [0.2, 0.25) is 41.2 Å². The number of aromatic hydroxyl groups is 2. The molecule has 0 aromatic heterocycles. The van der Waals surface area contributed by atoms with Crippen molar-refractivity contribution in [3.8, 4) is 57.1 Å². The lowest BCUT2D eigenvalue weighted by Crippen LogP contribution is -2.58. The first kappa shape index (κ1) is 58.8. The van der Waals surface area contributed by atoms with Crippen molar-refractivity contribution in [3.05, 3.63) is 117 Å². The van der Waals surface area contributed by atoms with Crippen molar-refractivity contribution >= 4 is 64.6 Å². The molecule has 0 unspecified atom stereocenters. The van der Waals surface area contributed by atoms with Gasteiger partial charge in [-0.2, -0.15) is 0 Å². The monoisotopic (exact) mass is 1160 g/mol. The molecule has 0 spiro atoms. The zero-order valence-corrected chi connectivity index (χ0v) is 45.5. The molecule has 81 heavy (non-hydrogen) atoms. The molecule has 24 nitrogen and oxygen atoms in total. The number of carboxylic acids is 1. The number of carboxylic acid groups (broad SMARTS) is 1. The van der Waals surface area contributed by atoms with E-state index in [1.54, 1.807) is 0 Å². The maximum absolute atomic E-state index is 15.1. The van der Waals surface area contributed by atoms with Gasteiger partial charge in [-0.1, -0.05) is 55.2 Å². The molecule has 5 aliphatic heterocycles. The number of amides is 6. The van der Waals surface area contributed by atoms with Crippen molar-refractivity contribution in [2.45, 2.75) is 81.2 Å². The molecule has 14 N–H and O–H groups in total. The Morgan fingerprint density at radius 2 is 1.37 bits per heavy atom. The van der Waals surface area contributed by atoms with Gasteiger partial charge < -0.3 is 82.1 Å². The number of methoxy groups -OCH3 is 2. The van der Waals surface area contributed by atoms with Crippen LogP contribution in [0.2, 0.25) is 10.0 Å². The fourth-order valence-corrected chi connectivity index (χ4v) is 10.1. The number of hydrogen-bond donors (Lipinski definition) is 13. The van der Waals surface area contributed by atoms with Gasteiger partial charge in [0.15, 0.2) is 17.5 Å². The fourth-order valence-electron chi connectivity index (χ4n) is 9.68. The number of hydrogen-bond acceptors (Lipinski definition) is 17. The maximum atomic E-state index is 15.1. The van der Waals surface area contributed by atoms with E-state index in [4.69, 9.17) is 47.9 Å². The number of primary amides is 1. The smallest absolute Gasteiger partial charge is 0.330 e. The number of phenols is 2. The first-order valence-electron chi connectivity index (χ1n) is 25.2. The topological polar surface area (TPSA) is 368 Å². The number of fused-ring (bicyclic) bond motifs is 15. The van der Waals surface area contributed by atoms with E-state index >= 15 is 4.79 Å². The number of nitrogens with two attached hydrogens (primary N) is 1. The minimum absolute atomic E-state index is 0.00275. The van der Waals surface area contributed by atoms with E-state index in [-0.39, 0.29) is 89.4 Å². The highest BCUT2D eigenvalue weighted by Crippen LogP contribution is 2.48. The number of aliphatic carboxylic acids is 1. The number of carbonyl (C=O) groups excluding carboxylic acids is 6.